The zero-order valence-electron chi connectivity index (χ0n) is 14.6. The molecule has 1 heterocycles. The first-order valence-corrected chi connectivity index (χ1v) is 9.23. The van der Waals surface area contributed by atoms with Crippen LogP contribution in [0.4, 0.5) is 0 Å². The van der Waals surface area contributed by atoms with Crippen molar-refractivity contribution in [1.82, 2.24) is 9.80 Å². The van der Waals surface area contributed by atoms with E-state index in [0.717, 1.165) is 18.5 Å². The predicted molar refractivity (Wildman–Crippen MR) is 91.6 cm³/mol. The standard InChI is InChI=1S/C18H37N3/c1-4-7-16-8-5-11-18(15-19,12-10-16)21(3)14-17-9-6-13-20(17)2/h16-17H,4-15,19H2,1-3H3. The van der Waals surface area contributed by atoms with Crippen molar-refractivity contribution in [3.05, 3.63) is 0 Å². The molecule has 0 aromatic rings. The van der Waals surface area contributed by atoms with Gasteiger partial charge < -0.3 is 10.6 Å². The fourth-order valence-electron chi connectivity index (χ4n) is 4.62. The van der Waals surface area contributed by atoms with Gasteiger partial charge in [-0.05, 0) is 58.7 Å². The Kier molecular flexibility index (Phi) is 6.51. The van der Waals surface area contributed by atoms with Gasteiger partial charge in [0.25, 0.3) is 0 Å². The molecule has 2 N–H and O–H groups in total. The molecule has 2 aliphatic rings. The molecule has 1 saturated heterocycles. The van der Waals surface area contributed by atoms with E-state index in [1.165, 1.54) is 70.9 Å². The zero-order chi connectivity index (χ0) is 15.3. The van der Waals surface area contributed by atoms with Crippen LogP contribution in [0.3, 0.4) is 0 Å². The van der Waals surface area contributed by atoms with Crippen LogP contribution in [0.25, 0.3) is 0 Å². The van der Waals surface area contributed by atoms with E-state index >= 15 is 0 Å². The van der Waals surface area contributed by atoms with Crippen LogP contribution >= 0.6 is 0 Å². The SMILES string of the molecule is CCCC1CCCC(CN)(N(C)CC2CCCN2C)CC1. The Morgan fingerprint density at radius 1 is 1.19 bits per heavy atom. The minimum Gasteiger partial charge on any atom is -0.329 e. The number of rotatable bonds is 6. The molecule has 1 saturated carbocycles. The third kappa shape index (κ3) is 4.20. The second kappa shape index (κ2) is 7.94. The lowest BCUT2D eigenvalue weighted by molar-refractivity contribution is 0.0802. The lowest BCUT2D eigenvalue weighted by Crippen LogP contribution is -2.55. The van der Waals surface area contributed by atoms with E-state index in [1.807, 2.05) is 0 Å². The summed E-state index contributed by atoms with van der Waals surface area (Å²) in [6, 6.07) is 0.744. The Morgan fingerprint density at radius 3 is 2.62 bits per heavy atom. The third-order valence-electron chi connectivity index (χ3n) is 6.32. The summed E-state index contributed by atoms with van der Waals surface area (Å²) < 4.78 is 0. The number of likely N-dealkylation sites (tertiary alicyclic amines) is 1. The van der Waals surface area contributed by atoms with Gasteiger partial charge >= 0.3 is 0 Å². The molecule has 2 rings (SSSR count). The molecule has 0 aromatic heterocycles. The highest BCUT2D eigenvalue weighted by atomic mass is 15.2. The van der Waals surface area contributed by atoms with E-state index in [0.29, 0.717) is 0 Å². The van der Waals surface area contributed by atoms with Crippen LogP contribution in [0, 0.1) is 5.92 Å². The van der Waals surface area contributed by atoms with Crippen LogP contribution in [0.5, 0.6) is 0 Å². The predicted octanol–water partition coefficient (Wildman–Crippen LogP) is 3.09. The van der Waals surface area contributed by atoms with Gasteiger partial charge in [0.1, 0.15) is 0 Å². The monoisotopic (exact) mass is 295 g/mol. The Hall–Kier alpha value is -0.120. The largest absolute Gasteiger partial charge is 0.329 e. The number of nitrogens with two attached hydrogens (primary N) is 1. The van der Waals surface area contributed by atoms with E-state index in [9.17, 15) is 0 Å². The van der Waals surface area contributed by atoms with E-state index in [2.05, 4.69) is 30.8 Å². The van der Waals surface area contributed by atoms with Crippen molar-refractivity contribution in [3.63, 3.8) is 0 Å². The van der Waals surface area contributed by atoms with Crippen LogP contribution in [0.1, 0.15) is 64.7 Å². The summed E-state index contributed by atoms with van der Waals surface area (Å²) in [7, 11) is 4.62. The molecule has 124 valence electrons. The summed E-state index contributed by atoms with van der Waals surface area (Å²) in [5.74, 6) is 0.950. The van der Waals surface area contributed by atoms with Gasteiger partial charge in [-0.3, -0.25) is 4.90 Å². The maximum Gasteiger partial charge on any atom is 0.0329 e. The van der Waals surface area contributed by atoms with Gasteiger partial charge in [-0.25, -0.2) is 0 Å². The van der Waals surface area contributed by atoms with Gasteiger partial charge in [0.05, 0.1) is 0 Å². The van der Waals surface area contributed by atoms with E-state index in [1.54, 1.807) is 0 Å². The van der Waals surface area contributed by atoms with Crippen LogP contribution in [0.2, 0.25) is 0 Å². The van der Waals surface area contributed by atoms with Crippen molar-refractivity contribution >= 4 is 0 Å². The normalized spacial score (nSPS) is 35.3. The van der Waals surface area contributed by atoms with Crippen LogP contribution in [-0.4, -0.2) is 55.1 Å². The van der Waals surface area contributed by atoms with E-state index in [4.69, 9.17) is 5.73 Å². The molecule has 3 atom stereocenters. The average Bonchev–Trinajstić information content (AvgIpc) is 2.76. The molecule has 0 spiro atoms. The fraction of sp³-hybridized carbons (Fsp3) is 1.00. The Morgan fingerprint density at radius 2 is 2.00 bits per heavy atom. The van der Waals surface area contributed by atoms with Crippen molar-refractivity contribution in [2.75, 3.05) is 33.7 Å². The topological polar surface area (TPSA) is 32.5 Å². The summed E-state index contributed by atoms with van der Waals surface area (Å²) in [5, 5.41) is 0. The minimum absolute atomic E-state index is 0.270. The maximum atomic E-state index is 6.28. The fourth-order valence-corrected chi connectivity index (χ4v) is 4.62. The Labute approximate surface area is 132 Å². The van der Waals surface area contributed by atoms with Gasteiger partial charge in [-0.15, -0.1) is 0 Å². The van der Waals surface area contributed by atoms with Crippen LogP contribution in [-0.2, 0) is 0 Å². The molecule has 3 unspecified atom stereocenters. The van der Waals surface area contributed by atoms with Crippen molar-refractivity contribution in [2.45, 2.75) is 76.3 Å². The first-order valence-electron chi connectivity index (χ1n) is 9.23. The van der Waals surface area contributed by atoms with Crippen molar-refractivity contribution in [1.29, 1.82) is 0 Å². The van der Waals surface area contributed by atoms with E-state index in [-0.39, 0.29) is 5.54 Å². The summed E-state index contributed by atoms with van der Waals surface area (Å²) >= 11 is 0. The summed E-state index contributed by atoms with van der Waals surface area (Å²) in [4.78, 5) is 5.17. The quantitative estimate of drug-likeness (QED) is 0.764. The summed E-state index contributed by atoms with van der Waals surface area (Å²) in [5.41, 5.74) is 6.55. The summed E-state index contributed by atoms with van der Waals surface area (Å²) in [6.07, 6.45) is 12.3. The van der Waals surface area contributed by atoms with E-state index < -0.39 is 0 Å². The Bertz CT molecular complexity index is 307. The number of nitrogens with zero attached hydrogens (tertiary/aromatic N) is 2. The molecular weight excluding hydrogens is 258 g/mol. The first kappa shape index (κ1) is 17.2. The van der Waals surface area contributed by atoms with Gasteiger partial charge in [-0.1, -0.05) is 32.6 Å². The lowest BCUT2D eigenvalue weighted by atomic mass is 9.87. The second-order valence-corrected chi connectivity index (χ2v) is 7.67. The minimum atomic E-state index is 0.270. The average molecular weight is 296 g/mol. The maximum absolute atomic E-state index is 6.28. The van der Waals surface area contributed by atoms with Crippen LogP contribution < -0.4 is 5.73 Å². The van der Waals surface area contributed by atoms with Gasteiger partial charge in [0.15, 0.2) is 0 Å². The molecule has 0 radical (unpaired) electrons. The first-order chi connectivity index (χ1) is 10.1. The lowest BCUT2D eigenvalue weighted by Gasteiger charge is -2.43. The van der Waals surface area contributed by atoms with Crippen molar-refractivity contribution in [2.24, 2.45) is 11.7 Å². The van der Waals surface area contributed by atoms with Gasteiger partial charge in [0, 0.05) is 24.7 Å². The van der Waals surface area contributed by atoms with Gasteiger partial charge in [-0.2, -0.15) is 0 Å². The highest BCUT2D eigenvalue weighted by Crippen LogP contribution is 2.36. The van der Waals surface area contributed by atoms with Gasteiger partial charge in [0.2, 0.25) is 0 Å². The molecule has 0 amide bonds. The smallest absolute Gasteiger partial charge is 0.0329 e. The molecule has 3 heteroatoms. The molecule has 21 heavy (non-hydrogen) atoms. The highest BCUT2D eigenvalue weighted by molar-refractivity contribution is 4.95. The van der Waals surface area contributed by atoms with Crippen LogP contribution in [0.15, 0.2) is 0 Å². The molecule has 0 bridgehead atoms. The third-order valence-corrected chi connectivity index (χ3v) is 6.32. The zero-order valence-corrected chi connectivity index (χ0v) is 14.6. The molecule has 3 nitrogen and oxygen atoms in total. The number of hydrogen-bond acceptors (Lipinski definition) is 3. The van der Waals surface area contributed by atoms with Crippen molar-refractivity contribution < 1.29 is 0 Å². The highest BCUT2D eigenvalue weighted by Gasteiger charge is 2.37. The number of likely N-dealkylation sites (N-methyl/N-ethyl adjacent to an activating group) is 2. The Balaban J connectivity index is 1.95. The van der Waals surface area contributed by atoms with Crippen molar-refractivity contribution in [3.8, 4) is 0 Å². The second-order valence-electron chi connectivity index (χ2n) is 7.67. The number of hydrogen-bond donors (Lipinski definition) is 1. The molecule has 1 aliphatic heterocycles. The summed E-state index contributed by atoms with van der Waals surface area (Å²) in [6.45, 7) is 5.63. The molecular formula is C18H37N3. The molecule has 2 fully saturated rings. The molecule has 1 aliphatic carbocycles. The molecule has 0 aromatic carbocycles.